The normalized spacial score (nSPS) is 13.5. The number of carbonyl (C=O) groups excluding carboxylic acids is 2. The van der Waals surface area contributed by atoms with Crippen LogP contribution in [0.4, 0.5) is 11.4 Å². The van der Waals surface area contributed by atoms with Crippen molar-refractivity contribution < 1.29 is 9.59 Å². The molecule has 0 aliphatic heterocycles. The van der Waals surface area contributed by atoms with E-state index < -0.39 is 0 Å². The monoisotopic (exact) mass is 345 g/mol. The molecule has 1 aliphatic rings. The van der Waals surface area contributed by atoms with Gasteiger partial charge in [-0.2, -0.15) is 0 Å². The van der Waals surface area contributed by atoms with Crippen molar-refractivity contribution in [1.82, 2.24) is 5.32 Å². The lowest BCUT2D eigenvalue weighted by Gasteiger charge is -2.13. The maximum Gasteiger partial charge on any atom is 0.238 e. The fourth-order valence-corrected chi connectivity index (χ4v) is 2.74. The summed E-state index contributed by atoms with van der Waals surface area (Å²) in [5, 5.41) is 9.07. The van der Waals surface area contributed by atoms with Crippen LogP contribution in [0.1, 0.15) is 57.4 Å². The Labute approximate surface area is 151 Å². The first kappa shape index (κ1) is 19.4. The molecule has 1 saturated carbocycles. The predicted molar refractivity (Wildman–Crippen MR) is 103 cm³/mol. The predicted octanol–water partition coefficient (Wildman–Crippen LogP) is 3.84. The minimum Gasteiger partial charge on any atom is -0.326 e. The van der Waals surface area contributed by atoms with Gasteiger partial charge in [0.15, 0.2) is 0 Å². The van der Waals surface area contributed by atoms with Crippen molar-refractivity contribution >= 4 is 23.2 Å². The Morgan fingerprint density at radius 3 is 2.40 bits per heavy atom. The van der Waals surface area contributed by atoms with Crippen molar-refractivity contribution in [3.63, 3.8) is 0 Å². The molecule has 1 fully saturated rings. The van der Waals surface area contributed by atoms with E-state index in [4.69, 9.17) is 0 Å². The highest BCUT2D eigenvalue weighted by molar-refractivity contribution is 5.97. The molecule has 0 saturated heterocycles. The summed E-state index contributed by atoms with van der Waals surface area (Å²) in [6.45, 7) is 5.30. The molecule has 0 spiro atoms. The molecule has 0 unspecified atom stereocenters. The SMILES string of the molecule is CCCCCCCNCC(=O)Nc1cccc(NC(=O)C2CC2)c1C. The van der Waals surface area contributed by atoms with Crippen LogP contribution >= 0.6 is 0 Å². The molecule has 3 N–H and O–H groups in total. The van der Waals surface area contributed by atoms with Crippen molar-refractivity contribution in [2.24, 2.45) is 5.92 Å². The second-order valence-corrected chi connectivity index (χ2v) is 6.88. The molecular formula is C20H31N3O2. The van der Waals surface area contributed by atoms with Crippen LogP contribution in [0.3, 0.4) is 0 Å². The minimum absolute atomic E-state index is 0.0534. The molecule has 5 heteroatoms. The number of amides is 2. The molecule has 1 aromatic rings. The molecule has 138 valence electrons. The number of hydrogen-bond acceptors (Lipinski definition) is 3. The Balaban J connectivity index is 1.73. The van der Waals surface area contributed by atoms with Gasteiger partial charge >= 0.3 is 0 Å². The van der Waals surface area contributed by atoms with Crippen LogP contribution in [0.5, 0.6) is 0 Å². The van der Waals surface area contributed by atoms with Crippen molar-refractivity contribution in [2.75, 3.05) is 23.7 Å². The third-order valence-electron chi connectivity index (χ3n) is 4.56. The van der Waals surface area contributed by atoms with Crippen molar-refractivity contribution in [3.8, 4) is 0 Å². The molecule has 2 amide bonds. The van der Waals surface area contributed by atoms with Gasteiger partial charge in [-0.3, -0.25) is 9.59 Å². The smallest absolute Gasteiger partial charge is 0.238 e. The van der Waals surface area contributed by atoms with Crippen LogP contribution in [0.2, 0.25) is 0 Å². The van der Waals surface area contributed by atoms with Gasteiger partial charge in [-0.25, -0.2) is 0 Å². The quantitative estimate of drug-likeness (QED) is 0.534. The molecule has 1 aliphatic carbocycles. The number of carbonyl (C=O) groups is 2. The average molecular weight is 345 g/mol. The summed E-state index contributed by atoms with van der Waals surface area (Å²) >= 11 is 0. The van der Waals surface area contributed by atoms with E-state index in [2.05, 4.69) is 22.9 Å². The Hall–Kier alpha value is -1.88. The standard InChI is InChI=1S/C20H31N3O2/c1-3-4-5-6-7-13-21-14-19(24)22-17-9-8-10-18(15(17)2)23-20(25)16-11-12-16/h8-10,16,21H,3-7,11-14H2,1-2H3,(H,22,24)(H,23,25). The van der Waals surface area contributed by atoms with E-state index in [-0.39, 0.29) is 17.7 Å². The van der Waals surface area contributed by atoms with Crippen molar-refractivity contribution in [2.45, 2.75) is 58.8 Å². The first-order valence-electron chi connectivity index (χ1n) is 9.53. The van der Waals surface area contributed by atoms with Gasteiger partial charge in [0.1, 0.15) is 0 Å². The fourth-order valence-electron chi connectivity index (χ4n) is 2.74. The van der Waals surface area contributed by atoms with Gasteiger partial charge in [-0.1, -0.05) is 38.7 Å². The Morgan fingerprint density at radius 1 is 1.04 bits per heavy atom. The summed E-state index contributed by atoms with van der Waals surface area (Å²) in [7, 11) is 0. The zero-order chi connectivity index (χ0) is 18.1. The summed E-state index contributed by atoms with van der Waals surface area (Å²) in [6, 6.07) is 5.59. The molecule has 0 radical (unpaired) electrons. The summed E-state index contributed by atoms with van der Waals surface area (Å²) < 4.78 is 0. The maximum atomic E-state index is 12.1. The molecule has 1 aromatic carbocycles. The Kier molecular flexibility index (Phi) is 7.92. The molecule has 25 heavy (non-hydrogen) atoms. The minimum atomic E-state index is -0.0534. The van der Waals surface area contributed by atoms with Gasteiger partial charge in [0.25, 0.3) is 0 Å². The van der Waals surface area contributed by atoms with Crippen molar-refractivity contribution in [1.29, 1.82) is 0 Å². The zero-order valence-corrected chi connectivity index (χ0v) is 15.5. The zero-order valence-electron chi connectivity index (χ0n) is 15.5. The molecule has 0 aromatic heterocycles. The number of unbranched alkanes of at least 4 members (excludes halogenated alkanes) is 4. The highest BCUT2D eigenvalue weighted by Gasteiger charge is 2.29. The Bertz CT molecular complexity index is 582. The van der Waals surface area contributed by atoms with E-state index in [0.717, 1.165) is 42.7 Å². The topological polar surface area (TPSA) is 70.2 Å². The van der Waals surface area contributed by atoms with E-state index in [1.165, 1.54) is 25.7 Å². The van der Waals surface area contributed by atoms with Crippen LogP contribution < -0.4 is 16.0 Å². The lowest BCUT2D eigenvalue weighted by atomic mass is 10.1. The van der Waals surface area contributed by atoms with Gasteiger partial charge in [0.2, 0.25) is 11.8 Å². The summed E-state index contributed by atoms with van der Waals surface area (Å²) in [6.07, 6.45) is 8.07. The lowest BCUT2D eigenvalue weighted by Crippen LogP contribution is -2.29. The van der Waals surface area contributed by atoms with Gasteiger partial charge in [0.05, 0.1) is 6.54 Å². The number of rotatable bonds is 11. The third-order valence-corrected chi connectivity index (χ3v) is 4.56. The number of hydrogen-bond donors (Lipinski definition) is 3. The number of benzene rings is 1. The average Bonchev–Trinajstić information content (AvgIpc) is 3.43. The molecule has 5 nitrogen and oxygen atoms in total. The first-order valence-corrected chi connectivity index (χ1v) is 9.53. The third kappa shape index (κ3) is 6.86. The second-order valence-electron chi connectivity index (χ2n) is 6.88. The molecule has 0 heterocycles. The van der Waals surface area contributed by atoms with Crippen LogP contribution in [-0.4, -0.2) is 24.9 Å². The molecule has 0 atom stereocenters. The maximum absolute atomic E-state index is 12.1. The number of nitrogens with one attached hydrogen (secondary N) is 3. The lowest BCUT2D eigenvalue weighted by molar-refractivity contribution is -0.117. The van der Waals surface area contributed by atoms with Crippen LogP contribution in [-0.2, 0) is 9.59 Å². The van der Waals surface area contributed by atoms with Crippen LogP contribution in [0.15, 0.2) is 18.2 Å². The summed E-state index contributed by atoms with van der Waals surface area (Å²) in [5.74, 6) is 0.192. The van der Waals surface area contributed by atoms with Gasteiger partial charge < -0.3 is 16.0 Å². The fraction of sp³-hybridized carbons (Fsp3) is 0.600. The largest absolute Gasteiger partial charge is 0.326 e. The molecular weight excluding hydrogens is 314 g/mol. The van der Waals surface area contributed by atoms with E-state index in [1.807, 2.05) is 25.1 Å². The highest BCUT2D eigenvalue weighted by atomic mass is 16.2. The van der Waals surface area contributed by atoms with Gasteiger partial charge in [-0.05, 0) is 50.4 Å². The Morgan fingerprint density at radius 2 is 1.72 bits per heavy atom. The highest BCUT2D eigenvalue weighted by Crippen LogP contribution is 2.31. The van der Waals surface area contributed by atoms with E-state index in [1.54, 1.807) is 0 Å². The number of anilines is 2. The summed E-state index contributed by atoms with van der Waals surface area (Å²) in [5.41, 5.74) is 2.42. The van der Waals surface area contributed by atoms with Gasteiger partial charge in [-0.15, -0.1) is 0 Å². The first-order chi connectivity index (χ1) is 12.1. The summed E-state index contributed by atoms with van der Waals surface area (Å²) in [4.78, 5) is 24.0. The van der Waals surface area contributed by atoms with Crippen LogP contribution in [0.25, 0.3) is 0 Å². The van der Waals surface area contributed by atoms with Crippen molar-refractivity contribution in [3.05, 3.63) is 23.8 Å². The van der Waals surface area contributed by atoms with Gasteiger partial charge in [0, 0.05) is 17.3 Å². The second kappa shape index (κ2) is 10.2. The van der Waals surface area contributed by atoms with Crippen LogP contribution in [0, 0.1) is 12.8 Å². The molecule has 2 rings (SSSR count). The van der Waals surface area contributed by atoms with E-state index in [9.17, 15) is 9.59 Å². The van der Waals surface area contributed by atoms with E-state index in [0.29, 0.717) is 6.54 Å². The molecule has 0 bridgehead atoms. The van der Waals surface area contributed by atoms with E-state index >= 15 is 0 Å².